The Morgan fingerprint density at radius 3 is 2.17 bits per heavy atom. The summed E-state index contributed by atoms with van der Waals surface area (Å²) in [7, 11) is 0. The maximum absolute atomic E-state index is 12.7. The second-order valence-electron chi connectivity index (χ2n) is 5.41. The predicted octanol–water partition coefficient (Wildman–Crippen LogP) is 4.18. The van der Waals surface area contributed by atoms with Gasteiger partial charge in [0.25, 0.3) is 0 Å². The van der Waals surface area contributed by atoms with Crippen molar-refractivity contribution in [2.24, 2.45) is 0 Å². The molecule has 0 aromatic heterocycles. The van der Waals surface area contributed by atoms with E-state index in [0.29, 0.717) is 6.61 Å². The summed E-state index contributed by atoms with van der Waals surface area (Å²) < 4.78 is 7.56. The van der Waals surface area contributed by atoms with E-state index in [4.69, 9.17) is 4.74 Å². The topological polar surface area (TPSA) is 26.3 Å². The van der Waals surface area contributed by atoms with Gasteiger partial charge in [-0.25, -0.2) is 0 Å². The molecule has 0 spiro atoms. The zero-order valence-electron chi connectivity index (χ0n) is 14.3. The molecule has 0 aliphatic carbocycles. The van der Waals surface area contributed by atoms with Gasteiger partial charge in [-0.2, -0.15) is 0 Å². The summed E-state index contributed by atoms with van der Waals surface area (Å²) in [4.78, 5) is 12.7. The fraction of sp³-hybridized carbons (Fsp3) is 0.286. The van der Waals surface area contributed by atoms with E-state index in [0.717, 1.165) is 28.4 Å². The molecule has 0 amide bonds. The zero-order valence-corrected chi connectivity index (χ0v) is 16.7. The van der Waals surface area contributed by atoms with Crippen molar-refractivity contribution in [2.75, 3.05) is 6.61 Å². The molecule has 0 aliphatic rings. The van der Waals surface area contributed by atoms with Gasteiger partial charge in [-0.05, 0) is 0 Å². The van der Waals surface area contributed by atoms with Crippen molar-refractivity contribution in [1.29, 1.82) is 0 Å². The van der Waals surface area contributed by atoms with Crippen molar-refractivity contribution >= 4 is 36.1 Å². The fourth-order valence-corrected chi connectivity index (χ4v) is 5.31. The first-order chi connectivity index (χ1) is 11.8. The predicted molar refractivity (Wildman–Crippen MR) is 101 cm³/mol. The summed E-state index contributed by atoms with van der Waals surface area (Å²) >= 11 is -0.784. The summed E-state index contributed by atoms with van der Waals surface area (Å²) in [5.74, 6) is -0.140. The molecule has 0 saturated carbocycles. The monoisotopic (exact) mass is 438 g/mol. The Balaban J connectivity index is 2.47. The molecular weight excluding hydrogens is 412 g/mol. The SMILES string of the molecule is CCCC/C(=C(\[Te]c1ccccc1)C(=O)OCC)c1ccccc1. The van der Waals surface area contributed by atoms with Gasteiger partial charge in [0, 0.05) is 0 Å². The molecule has 0 heterocycles. The second-order valence-corrected chi connectivity index (χ2v) is 8.51. The molecule has 0 radical (unpaired) electrons. The van der Waals surface area contributed by atoms with Crippen LogP contribution in [0.2, 0.25) is 0 Å². The minimum atomic E-state index is -0.784. The first-order valence-corrected chi connectivity index (χ1v) is 10.8. The minimum absolute atomic E-state index is 0.140. The van der Waals surface area contributed by atoms with Gasteiger partial charge in [0.1, 0.15) is 0 Å². The Bertz CT molecular complexity index is 663. The molecule has 0 N–H and O–H groups in total. The van der Waals surface area contributed by atoms with E-state index in [2.05, 4.69) is 31.2 Å². The van der Waals surface area contributed by atoms with Gasteiger partial charge >= 0.3 is 155 Å². The van der Waals surface area contributed by atoms with E-state index in [9.17, 15) is 4.79 Å². The van der Waals surface area contributed by atoms with E-state index < -0.39 is 20.9 Å². The van der Waals surface area contributed by atoms with Crippen LogP contribution in [0, 0.1) is 0 Å². The van der Waals surface area contributed by atoms with Crippen LogP contribution < -0.4 is 3.61 Å². The van der Waals surface area contributed by atoms with Crippen LogP contribution in [0.1, 0.15) is 38.7 Å². The van der Waals surface area contributed by atoms with Gasteiger partial charge in [0.2, 0.25) is 0 Å². The Labute approximate surface area is 155 Å². The number of unbranched alkanes of at least 4 members (excludes halogenated alkanes) is 1. The molecule has 3 heteroatoms. The van der Waals surface area contributed by atoms with Crippen molar-refractivity contribution in [1.82, 2.24) is 0 Å². The Kier molecular flexibility index (Phi) is 8.08. The third kappa shape index (κ3) is 5.51. The molecule has 2 aromatic rings. The Hall–Kier alpha value is -1.56. The molecule has 2 aromatic carbocycles. The van der Waals surface area contributed by atoms with Crippen LogP contribution in [0.4, 0.5) is 0 Å². The van der Waals surface area contributed by atoms with Crippen molar-refractivity contribution < 1.29 is 9.53 Å². The molecule has 2 nitrogen and oxygen atoms in total. The molecule has 0 fully saturated rings. The van der Waals surface area contributed by atoms with E-state index in [-0.39, 0.29) is 5.97 Å². The van der Waals surface area contributed by atoms with E-state index in [1.165, 1.54) is 9.18 Å². The van der Waals surface area contributed by atoms with Gasteiger partial charge in [-0.3, -0.25) is 0 Å². The van der Waals surface area contributed by atoms with Crippen molar-refractivity contribution in [3.05, 3.63) is 69.8 Å². The van der Waals surface area contributed by atoms with Crippen LogP contribution in [0.15, 0.2) is 64.3 Å². The average Bonchev–Trinajstić information content (AvgIpc) is 2.63. The summed E-state index contributed by atoms with van der Waals surface area (Å²) in [6.07, 6.45) is 3.11. The zero-order chi connectivity index (χ0) is 17.2. The Morgan fingerprint density at radius 2 is 1.58 bits per heavy atom. The fourth-order valence-electron chi connectivity index (χ4n) is 2.41. The number of hydrogen-bond donors (Lipinski definition) is 0. The van der Waals surface area contributed by atoms with Crippen LogP contribution in [-0.2, 0) is 9.53 Å². The summed E-state index contributed by atoms with van der Waals surface area (Å²) in [6.45, 7) is 4.47. The van der Waals surface area contributed by atoms with E-state index in [1.807, 2.05) is 43.3 Å². The second kappa shape index (κ2) is 10.3. The van der Waals surface area contributed by atoms with Crippen molar-refractivity contribution in [3.8, 4) is 0 Å². The molecule has 126 valence electrons. The molecular formula is C21H24O2Te. The van der Waals surface area contributed by atoms with Crippen LogP contribution >= 0.6 is 0 Å². The van der Waals surface area contributed by atoms with Crippen LogP contribution in [-0.4, -0.2) is 33.5 Å². The van der Waals surface area contributed by atoms with E-state index in [1.54, 1.807) is 0 Å². The summed E-state index contributed by atoms with van der Waals surface area (Å²) in [6, 6.07) is 20.6. The number of benzene rings is 2. The van der Waals surface area contributed by atoms with Gasteiger partial charge in [0.05, 0.1) is 0 Å². The molecule has 24 heavy (non-hydrogen) atoms. The normalized spacial score (nSPS) is 11.8. The van der Waals surface area contributed by atoms with Crippen LogP contribution in [0.3, 0.4) is 0 Å². The third-order valence-electron chi connectivity index (χ3n) is 3.60. The van der Waals surface area contributed by atoms with Crippen LogP contribution in [0.5, 0.6) is 0 Å². The molecule has 0 aliphatic heterocycles. The first-order valence-electron chi connectivity index (χ1n) is 8.44. The summed E-state index contributed by atoms with van der Waals surface area (Å²) in [5, 5.41) is 0. The van der Waals surface area contributed by atoms with Gasteiger partial charge in [0.15, 0.2) is 0 Å². The maximum atomic E-state index is 12.7. The number of allylic oxidation sites excluding steroid dienone is 1. The number of hydrogen-bond acceptors (Lipinski definition) is 2. The van der Waals surface area contributed by atoms with Crippen molar-refractivity contribution in [3.63, 3.8) is 0 Å². The molecule has 0 unspecified atom stereocenters. The quantitative estimate of drug-likeness (QED) is 0.353. The third-order valence-corrected chi connectivity index (χ3v) is 6.81. The van der Waals surface area contributed by atoms with E-state index >= 15 is 0 Å². The standard InChI is InChI=1S/C21H24O2Te/c1-3-5-16-19(17-12-8-6-9-13-17)20(21(22)23-4-2)24-18-14-10-7-11-15-18/h6-15H,3-5,16H2,1-2H3/b20-19+. The first kappa shape index (κ1) is 18.8. The number of ether oxygens (including phenoxy) is 1. The molecule has 0 atom stereocenters. The summed E-state index contributed by atoms with van der Waals surface area (Å²) in [5.41, 5.74) is 2.32. The molecule has 0 bridgehead atoms. The van der Waals surface area contributed by atoms with Crippen molar-refractivity contribution in [2.45, 2.75) is 33.1 Å². The molecule has 2 rings (SSSR count). The molecule has 0 saturated heterocycles. The number of carbonyl (C=O) groups excluding carboxylic acids is 1. The van der Waals surface area contributed by atoms with Gasteiger partial charge in [-0.1, -0.05) is 0 Å². The number of carbonyl (C=O) groups is 1. The number of rotatable bonds is 8. The van der Waals surface area contributed by atoms with Gasteiger partial charge in [-0.15, -0.1) is 0 Å². The van der Waals surface area contributed by atoms with Gasteiger partial charge < -0.3 is 0 Å². The average molecular weight is 436 g/mol. The number of esters is 1. The van der Waals surface area contributed by atoms with Crippen LogP contribution in [0.25, 0.3) is 5.57 Å². The Morgan fingerprint density at radius 1 is 0.958 bits per heavy atom.